The number of carbonyl (C=O) groups is 3. The van der Waals surface area contributed by atoms with Crippen molar-refractivity contribution >= 4 is 72.4 Å². The molecule has 1 unspecified atom stereocenters. The van der Waals surface area contributed by atoms with Gasteiger partial charge in [-0.05, 0) is 60.9 Å². The molecule has 246 valence electrons. The largest absolute Gasteiger partial charge is 0.340 e. The summed E-state index contributed by atoms with van der Waals surface area (Å²) in [5.74, 6) is 4.44. The van der Waals surface area contributed by atoms with Gasteiger partial charge in [0.25, 0.3) is 5.91 Å². The van der Waals surface area contributed by atoms with Crippen molar-refractivity contribution in [2.45, 2.75) is 64.1 Å². The minimum atomic E-state index is -4.18. The Morgan fingerprint density at radius 2 is 1.76 bits per heavy atom. The third kappa shape index (κ3) is 8.41. The number of benzene rings is 2. The maximum absolute atomic E-state index is 13.9. The highest BCUT2D eigenvalue weighted by Gasteiger charge is 2.42. The molecular weight excluding hydrogens is 667 g/mol. The predicted molar refractivity (Wildman–Crippen MR) is 183 cm³/mol. The third-order valence-corrected chi connectivity index (χ3v) is 11.0. The van der Waals surface area contributed by atoms with Gasteiger partial charge in [-0.1, -0.05) is 75.0 Å². The van der Waals surface area contributed by atoms with Crippen molar-refractivity contribution in [3.8, 4) is 11.8 Å². The molecule has 2 aromatic carbocycles. The average molecular weight is 706 g/mol. The molecular formula is C33H38Cl2N4O5S2. The summed E-state index contributed by atoms with van der Waals surface area (Å²) < 4.78 is 30.1. The fraction of sp³-hybridized carbons (Fsp3) is 0.424. The van der Waals surface area contributed by atoms with E-state index < -0.39 is 33.9 Å². The molecule has 1 aliphatic rings. The molecule has 3 aromatic rings. The average Bonchev–Trinajstić information content (AvgIpc) is 3.40. The van der Waals surface area contributed by atoms with E-state index in [4.69, 9.17) is 23.2 Å². The zero-order chi connectivity index (χ0) is 33.8. The van der Waals surface area contributed by atoms with Crippen LogP contribution in [0.5, 0.6) is 0 Å². The summed E-state index contributed by atoms with van der Waals surface area (Å²) >= 11 is 13.5. The molecule has 3 amide bonds. The van der Waals surface area contributed by atoms with Crippen molar-refractivity contribution in [3.63, 3.8) is 0 Å². The Kier molecular flexibility index (Phi) is 11.8. The van der Waals surface area contributed by atoms with Crippen LogP contribution in [0.4, 0.5) is 0 Å². The van der Waals surface area contributed by atoms with Gasteiger partial charge >= 0.3 is 0 Å². The standard InChI is InChI=1S/C33H38Cl2N4O5S2/c1-6-7-14-39(33(42)30(21(4)5)37-46(43,44)29-13-12-23(34)17-25(29)35)24-18-38(19-24)32(41)26(15-20(2)3)36-31(40)28-16-22-10-8-9-11-27(22)45-28/h8-13,16-17,20-21,24,26,30,37H,14-15,18-19H2,1-5H3,(H,36,40)/t26?,30-/m0/s1. The monoisotopic (exact) mass is 704 g/mol. The van der Waals surface area contributed by atoms with E-state index in [1.54, 1.807) is 25.7 Å². The number of nitrogens with zero attached hydrogens (tertiary/aromatic N) is 2. The summed E-state index contributed by atoms with van der Waals surface area (Å²) in [6, 6.07) is 11.3. The topological polar surface area (TPSA) is 116 Å². The highest BCUT2D eigenvalue weighted by atomic mass is 35.5. The zero-order valence-corrected chi connectivity index (χ0v) is 29.5. The molecule has 1 fully saturated rings. The second-order valence-electron chi connectivity index (χ2n) is 12.0. The molecule has 2 N–H and O–H groups in total. The van der Waals surface area contributed by atoms with Crippen LogP contribution < -0.4 is 10.0 Å². The van der Waals surface area contributed by atoms with Gasteiger partial charge in [0, 0.05) is 22.8 Å². The van der Waals surface area contributed by atoms with Gasteiger partial charge in [0.15, 0.2) is 0 Å². The van der Waals surface area contributed by atoms with E-state index in [-0.39, 0.29) is 58.3 Å². The number of likely N-dealkylation sites (tertiary alicyclic amines) is 1. The van der Waals surface area contributed by atoms with Crippen molar-refractivity contribution in [1.29, 1.82) is 0 Å². The fourth-order valence-corrected chi connectivity index (χ4v) is 8.27. The number of thiophene rings is 1. The van der Waals surface area contributed by atoms with Crippen LogP contribution >= 0.6 is 34.5 Å². The normalized spacial score (nSPS) is 14.8. The summed E-state index contributed by atoms with van der Waals surface area (Å²) in [6.45, 7) is 9.62. The molecule has 1 aromatic heterocycles. The maximum Gasteiger partial charge on any atom is 0.262 e. The van der Waals surface area contributed by atoms with Gasteiger partial charge < -0.3 is 15.1 Å². The van der Waals surface area contributed by atoms with Crippen molar-refractivity contribution in [3.05, 3.63) is 63.5 Å². The van der Waals surface area contributed by atoms with E-state index in [1.807, 2.05) is 44.2 Å². The van der Waals surface area contributed by atoms with Crippen molar-refractivity contribution in [1.82, 2.24) is 19.8 Å². The number of amides is 3. The van der Waals surface area contributed by atoms with Gasteiger partial charge in [-0.3, -0.25) is 14.4 Å². The molecule has 2 heterocycles. The molecule has 0 radical (unpaired) electrons. The molecule has 0 bridgehead atoms. The van der Waals surface area contributed by atoms with Gasteiger partial charge in [0.05, 0.1) is 22.5 Å². The van der Waals surface area contributed by atoms with Gasteiger partial charge in [0.2, 0.25) is 21.8 Å². The molecule has 4 rings (SSSR count). The van der Waals surface area contributed by atoms with Crippen LogP contribution in [0.2, 0.25) is 10.0 Å². The van der Waals surface area contributed by atoms with Crippen LogP contribution in [0.3, 0.4) is 0 Å². The number of hydrogen-bond donors (Lipinski definition) is 2. The summed E-state index contributed by atoms with van der Waals surface area (Å²) in [7, 11) is -4.18. The lowest BCUT2D eigenvalue weighted by Crippen LogP contribution is -2.67. The molecule has 0 spiro atoms. The van der Waals surface area contributed by atoms with Gasteiger partial charge in [0.1, 0.15) is 17.0 Å². The third-order valence-electron chi connectivity index (χ3n) is 7.68. The molecule has 0 saturated carbocycles. The van der Waals surface area contributed by atoms with E-state index in [2.05, 4.69) is 21.9 Å². The Morgan fingerprint density at radius 1 is 1.07 bits per heavy atom. The zero-order valence-electron chi connectivity index (χ0n) is 26.3. The SMILES string of the molecule is CC#CCN(C(=O)[C@@H](NS(=O)(=O)c1ccc(Cl)cc1Cl)C(C)C)C1CN(C(=O)C(CC(C)C)NC(=O)c2cc3ccccc3s2)C1. The summed E-state index contributed by atoms with van der Waals surface area (Å²) in [6.07, 6.45) is 0.449. The number of halogens is 2. The Bertz CT molecular complexity index is 1740. The predicted octanol–water partition coefficient (Wildman–Crippen LogP) is 5.42. The lowest BCUT2D eigenvalue weighted by Gasteiger charge is -2.47. The molecule has 1 saturated heterocycles. The van der Waals surface area contributed by atoms with E-state index in [1.165, 1.54) is 34.4 Å². The highest BCUT2D eigenvalue weighted by Crippen LogP contribution is 2.28. The van der Waals surface area contributed by atoms with Crippen LogP contribution in [-0.2, 0) is 19.6 Å². The molecule has 0 aliphatic carbocycles. The van der Waals surface area contributed by atoms with E-state index in [0.29, 0.717) is 11.3 Å². The first-order valence-electron chi connectivity index (χ1n) is 15.0. The Labute approximate surface area is 284 Å². The Balaban J connectivity index is 1.48. The second-order valence-corrected chi connectivity index (χ2v) is 15.6. The van der Waals surface area contributed by atoms with Crippen molar-refractivity contribution < 1.29 is 22.8 Å². The maximum atomic E-state index is 13.9. The Hall–Kier alpha value is -3.14. The van der Waals surface area contributed by atoms with Crippen molar-refractivity contribution in [2.24, 2.45) is 11.8 Å². The molecule has 2 atom stereocenters. The van der Waals surface area contributed by atoms with Gasteiger partial charge in [-0.15, -0.1) is 17.3 Å². The number of rotatable bonds is 12. The van der Waals surface area contributed by atoms with Crippen LogP contribution in [0.1, 0.15) is 50.7 Å². The minimum absolute atomic E-state index is 0.0623. The number of nitrogens with one attached hydrogen (secondary N) is 2. The van der Waals surface area contributed by atoms with Crippen LogP contribution in [0.15, 0.2) is 53.4 Å². The minimum Gasteiger partial charge on any atom is -0.340 e. The number of hydrogen-bond acceptors (Lipinski definition) is 6. The van der Waals surface area contributed by atoms with E-state index in [9.17, 15) is 22.8 Å². The van der Waals surface area contributed by atoms with Crippen LogP contribution in [0.25, 0.3) is 10.1 Å². The lowest BCUT2D eigenvalue weighted by atomic mass is 9.97. The quantitative estimate of drug-likeness (QED) is 0.245. The fourth-order valence-electron chi connectivity index (χ4n) is 5.19. The first-order valence-corrected chi connectivity index (χ1v) is 18.0. The first-order chi connectivity index (χ1) is 21.7. The summed E-state index contributed by atoms with van der Waals surface area (Å²) in [5, 5.41) is 4.12. The smallest absolute Gasteiger partial charge is 0.262 e. The molecule has 1 aliphatic heterocycles. The van der Waals surface area contributed by atoms with Crippen molar-refractivity contribution in [2.75, 3.05) is 19.6 Å². The molecule has 46 heavy (non-hydrogen) atoms. The number of fused-ring (bicyclic) bond motifs is 1. The first kappa shape index (κ1) is 35.7. The number of sulfonamides is 1. The lowest BCUT2D eigenvalue weighted by molar-refractivity contribution is -0.148. The highest BCUT2D eigenvalue weighted by molar-refractivity contribution is 7.89. The Morgan fingerprint density at radius 3 is 2.37 bits per heavy atom. The van der Waals surface area contributed by atoms with Gasteiger partial charge in [-0.2, -0.15) is 4.72 Å². The van der Waals surface area contributed by atoms with Gasteiger partial charge in [-0.25, -0.2) is 8.42 Å². The summed E-state index contributed by atoms with van der Waals surface area (Å²) in [4.78, 5) is 44.3. The second kappa shape index (κ2) is 15.2. The molecule has 9 nitrogen and oxygen atoms in total. The number of carbonyl (C=O) groups excluding carboxylic acids is 3. The van der Waals surface area contributed by atoms with Crippen LogP contribution in [0, 0.1) is 23.7 Å². The summed E-state index contributed by atoms with van der Waals surface area (Å²) in [5.41, 5.74) is 0. The van der Waals surface area contributed by atoms with E-state index in [0.717, 1.165) is 10.1 Å². The van der Waals surface area contributed by atoms with Crippen LogP contribution in [-0.4, -0.2) is 73.7 Å². The van der Waals surface area contributed by atoms with E-state index >= 15 is 0 Å². The molecule has 13 heteroatoms.